The van der Waals surface area contributed by atoms with Crippen molar-refractivity contribution in [3.05, 3.63) is 0 Å². The van der Waals surface area contributed by atoms with E-state index in [1.54, 1.807) is 0 Å². The molecule has 0 rings (SSSR count). The summed E-state index contributed by atoms with van der Waals surface area (Å²) in [5, 5.41) is 0. The summed E-state index contributed by atoms with van der Waals surface area (Å²) >= 11 is 0. The van der Waals surface area contributed by atoms with Gasteiger partial charge < -0.3 is 5.73 Å². The minimum atomic E-state index is 0.329. The molecule has 0 radical (unpaired) electrons. The summed E-state index contributed by atoms with van der Waals surface area (Å²) < 4.78 is 0. The van der Waals surface area contributed by atoms with Gasteiger partial charge >= 0.3 is 0 Å². The maximum absolute atomic E-state index is 6.05. The molecule has 0 amide bonds. The number of rotatable bonds is 5. The van der Waals surface area contributed by atoms with Gasteiger partial charge in [-0.25, -0.2) is 0 Å². The van der Waals surface area contributed by atoms with E-state index in [2.05, 4.69) is 27.7 Å². The molecule has 0 spiro atoms. The van der Waals surface area contributed by atoms with Crippen molar-refractivity contribution in [2.24, 2.45) is 11.1 Å². The van der Waals surface area contributed by atoms with Crippen molar-refractivity contribution in [3.8, 4) is 0 Å². The van der Waals surface area contributed by atoms with Crippen LogP contribution in [0.25, 0.3) is 0 Å². The van der Waals surface area contributed by atoms with Crippen LogP contribution in [0.5, 0.6) is 0 Å². The second-order valence-electron chi connectivity index (χ2n) is 4.09. The van der Waals surface area contributed by atoms with Crippen molar-refractivity contribution in [2.45, 2.75) is 59.4 Å². The molecular weight excluding hydrogens is 134 g/mol. The van der Waals surface area contributed by atoms with Gasteiger partial charge in [-0.15, -0.1) is 0 Å². The lowest BCUT2D eigenvalue weighted by atomic mass is 9.80. The minimum Gasteiger partial charge on any atom is -0.327 e. The molecule has 0 heterocycles. The third-order valence-electron chi connectivity index (χ3n) is 2.78. The van der Waals surface area contributed by atoms with Crippen LogP contribution >= 0.6 is 0 Å². The summed E-state index contributed by atoms with van der Waals surface area (Å²) in [5.41, 5.74) is 6.38. The van der Waals surface area contributed by atoms with Crippen molar-refractivity contribution >= 4 is 0 Å². The van der Waals surface area contributed by atoms with Gasteiger partial charge in [-0.05, 0) is 18.3 Å². The highest BCUT2D eigenvalue weighted by molar-refractivity contribution is 4.79. The van der Waals surface area contributed by atoms with Crippen LogP contribution in [-0.4, -0.2) is 6.04 Å². The van der Waals surface area contributed by atoms with Gasteiger partial charge in [0.2, 0.25) is 0 Å². The zero-order chi connectivity index (χ0) is 8.91. The molecule has 2 N–H and O–H groups in total. The Kier molecular flexibility index (Phi) is 4.74. The number of nitrogens with two attached hydrogens (primary N) is 1. The number of unbranched alkanes of at least 4 members (excludes halogenated alkanes) is 1. The molecule has 0 saturated heterocycles. The third-order valence-corrected chi connectivity index (χ3v) is 2.78. The second kappa shape index (κ2) is 4.76. The van der Waals surface area contributed by atoms with Gasteiger partial charge in [-0.2, -0.15) is 0 Å². The van der Waals surface area contributed by atoms with E-state index in [0.717, 1.165) is 0 Å². The summed E-state index contributed by atoms with van der Waals surface area (Å²) in [4.78, 5) is 0. The van der Waals surface area contributed by atoms with Crippen molar-refractivity contribution in [1.29, 1.82) is 0 Å². The van der Waals surface area contributed by atoms with E-state index >= 15 is 0 Å². The molecule has 1 nitrogen and oxygen atoms in total. The Bertz CT molecular complexity index is 97.0. The van der Waals surface area contributed by atoms with Gasteiger partial charge in [0, 0.05) is 6.04 Å². The van der Waals surface area contributed by atoms with Crippen LogP contribution in [-0.2, 0) is 0 Å². The van der Waals surface area contributed by atoms with Crippen molar-refractivity contribution in [2.75, 3.05) is 0 Å². The van der Waals surface area contributed by atoms with Crippen molar-refractivity contribution in [3.63, 3.8) is 0 Å². The first-order valence-corrected chi connectivity index (χ1v) is 4.80. The predicted octanol–water partition coefficient (Wildman–Crippen LogP) is 2.94. The highest BCUT2D eigenvalue weighted by Crippen LogP contribution is 2.26. The van der Waals surface area contributed by atoms with E-state index in [9.17, 15) is 0 Å². The third kappa shape index (κ3) is 3.76. The molecule has 0 saturated carbocycles. The van der Waals surface area contributed by atoms with Gasteiger partial charge in [0.25, 0.3) is 0 Å². The molecule has 0 aliphatic carbocycles. The Hall–Kier alpha value is -0.0400. The monoisotopic (exact) mass is 157 g/mol. The van der Waals surface area contributed by atoms with E-state index in [1.165, 1.54) is 25.7 Å². The van der Waals surface area contributed by atoms with Crippen LogP contribution < -0.4 is 5.73 Å². The lowest BCUT2D eigenvalue weighted by Crippen LogP contribution is -2.36. The van der Waals surface area contributed by atoms with Crippen LogP contribution in [0.4, 0.5) is 0 Å². The van der Waals surface area contributed by atoms with Gasteiger partial charge in [0.1, 0.15) is 0 Å². The Labute approximate surface area is 71.4 Å². The predicted molar refractivity (Wildman–Crippen MR) is 51.6 cm³/mol. The maximum atomic E-state index is 6.05. The molecule has 0 aromatic rings. The van der Waals surface area contributed by atoms with E-state index in [0.29, 0.717) is 11.5 Å². The number of hydrogen-bond acceptors (Lipinski definition) is 1. The van der Waals surface area contributed by atoms with Crippen LogP contribution in [0.1, 0.15) is 53.4 Å². The summed E-state index contributed by atoms with van der Waals surface area (Å²) in [6, 6.07) is 0.382. The molecule has 1 atom stereocenters. The summed E-state index contributed by atoms with van der Waals surface area (Å²) in [5.74, 6) is 0. The molecule has 0 aromatic heterocycles. The Balaban J connectivity index is 3.71. The highest BCUT2D eigenvalue weighted by atomic mass is 14.7. The summed E-state index contributed by atoms with van der Waals surface area (Å²) in [7, 11) is 0. The van der Waals surface area contributed by atoms with Crippen LogP contribution in [0.3, 0.4) is 0 Å². The lowest BCUT2D eigenvalue weighted by Gasteiger charge is -2.30. The SMILES string of the molecule is CCCCC(N)C(C)(C)CC. The first kappa shape index (κ1) is 11.0. The largest absolute Gasteiger partial charge is 0.327 e. The van der Waals surface area contributed by atoms with Crippen molar-refractivity contribution in [1.82, 2.24) is 0 Å². The van der Waals surface area contributed by atoms with Gasteiger partial charge in [0.05, 0.1) is 0 Å². The Morgan fingerprint density at radius 3 is 2.18 bits per heavy atom. The summed E-state index contributed by atoms with van der Waals surface area (Å²) in [6.45, 7) is 8.94. The van der Waals surface area contributed by atoms with Crippen LogP contribution in [0, 0.1) is 5.41 Å². The first-order valence-electron chi connectivity index (χ1n) is 4.80. The fourth-order valence-corrected chi connectivity index (χ4v) is 1.08. The normalized spacial score (nSPS) is 15.0. The average Bonchev–Trinajstić information content (AvgIpc) is 2.00. The fourth-order valence-electron chi connectivity index (χ4n) is 1.08. The molecule has 0 aliphatic rings. The van der Waals surface area contributed by atoms with E-state index < -0.39 is 0 Å². The highest BCUT2D eigenvalue weighted by Gasteiger charge is 2.23. The zero-order valence-corrected chi connectivity index (χ0v) is 8.48. The topological polar surface area (TPSA) is 26.0 Å². The molecule has 1 heteroatoms. The molecule has 0 aliphatic heterocycles. The average molecular weight is 157 g/mol. The van der Waals surface area contributed by atoms with Crippen LogP contribution in [0.15, 0.2) is 0 Å². The quantitative estimate of drug-likeness (QED) is 0.652. The zero-order valence-electron chi connectivity index (χ0n) is 8.48. The summed E-state index contributed by atoms with van der Waals surface area (Å²) in [6.07, 6.45) is 4.88. The molecule has 0 bridgehead atoms. The Morgan fingerprint density at radius 1 is 1.27 bits per heavy atom. The molecule has 0 fully saturated rings. The molecule has 1 unspecified atom stereocenters. The Morgan fingerprint density at radius 2 is 1.82 bits per heavy atom. The minimum absolute atomic E-state index is 0.329. The standard InChI is InChI=1S/C10H23N/c1-5-7-8-9(11)10(3,4)6-2/h9H,5-8,11H2,1-4H3. The van der Waals surface area contributed by atoms with E-state index in [1.807, 2.05) is 0 Å². The van der Waals surface area contributed by atoms with E-state index in [-0.39, 0.29) is 0 Å². The fraction of sp³-hybridized carbons (Fsp3) is 1.00. The molecule has 68 valence electrons. The van der Waals surface area contributed by atoms with E-state index in [4.69, 9.17) is 5.73 Å². The molecule has 11 heavy (non-hydrogen) atoms. The maximum Gasteiger partial charge on any atom is 0.00901 e. The smallest absolute Gasteiger partial charge is 0.00901 e. The van der Waals surface area contributed by atoms with Gasteiger partial charge in [0.15, 0.2) is 0 Å². The van der Waals surface area contributed by atoms with Crippen LogP contribution in [0.2, 0.25) is 0 Å². The molecular formula is C10H23N. The first-order chi connectivity index (χ1) is 5.04. The van der Waals surface area contributed by atoms with Gasteiger partial charge in [-0.1, -0.05) is 40.5 Å². The van der Waals surface area contributed by atoms with Gasteiger partial charge in [-0.3, -0.25) is 0 Å². The van der Waals surface area contributed by atoms with Crippen molar-refractivity contribution < 1.29 is 0 Å². The number of hydrogen-bond donors (Lipinski definition) is 1. The molecule has 0 aromatic carbocycles. The lowest BCUT2D eigenvalue weighted by molar-refractivity contribution is 0.259. The second-order valence-corrected chi connectivity index (χ2v) is 4.09.